The Morgan fingerprint density at radius 3 is 2.65 bits per heavy atom. The maximum absolute atomic E-state index is 12.8. The average Bonchev–Trinajstić information content (AvgIpc) is 3.25. The minimum Gasteiger partial charge on any atom is -0.333 e. The van der Waals surface area contributed by atoms with Crippen LogP contribution >= 0.6 is 0 Å². The molecule has 5 rings (SSSR count). The first-order chi connectivity index (χ1) is 16.7. The zero-order valence-corrected chi connectivity index (χ0v) is 18.7. The molecule has 0 saturated carbocycles. The number of rotatable bonds is 6. The van der Waals surface area contributed by atoms with Crippen molar-refractivity contribution in [1.82, 2.24) is 25.9 Å². The molecule has 4 N–H and O–H groups in total. The van der Waals surface area contributed by atoms with Gasteiger partial charge in [0, 0.05) is 37.3 Å². The molecule has 0 atom stereocenters. The molecule has 0 saturated heterocycles. The quantitative estimate of drug-likeness (QED) is 0.358. The van der Waals surface area contributed by atoms with Crippen LogP contribution in [0, 0.1) is 0 Å². The second-order valence-electron chi connectivity index (χ2n) is 8.34. The van der Waals surface area contributed by atoms with Crippen molar-refractivity contribution in [3.63, 3.8) is 0 Å². The number of anilines is 1. The van der Waals surface area contributed by atoms with Crippen molar-refractivity contribution in [2.45, 2.75) is 25.9 Å². The van der Waals surface area contributed by atoms with E-state index >= 15 is 0 Å². The van der Waals surface area contributed by atoms with E-state index in [1.807, 2.05) is 77.8 Å². The van der Waals surface area contributed by atoms with Crippen molar-refractivity contribution >= 4 is 28.5 Å². The van der Waals surface area contributed by atoms with Gasteiger partial charge in [-0.1, -0.05) is 72.8 Å². The number of hydrazine groups is 1. The molecule has 8 nitrogen and oxygen atoms in total. The molecule has 2 heterocycles. The van der Waals surface area contributed by atoms with Gasteiger partial charge in [0.1, 0.15) is 0 Å². The molecule has 0 spiro atoms. The van der Waals surface area contributed by atoms with Crippen molar-refractivity contribution in [2.75, 3.05) is 11.9 Å². The third kappa shape index (κ3) is 4.92. The Morgan fingerprint density at radius 1 is 0.971 bits per heavy atom. The number of carbonyl (C=O) groups is 2. The molecule has 1 aliphatic heterocycles. The lowest BCUT2D eigenvalue weighted by Crippen LogP contribution is -2.48. The number of carbonyl (C=O) groups excluding carboxylic acids is 2. The van der Waals surface area contributed by atoms with Gasteiger partial charge >= 0.3 is 6.03 Å². The van der Waals surface area contributed by atoms with Crippen molar-refractivity contribution in [3.8, 4) is 0 Å². The Labute approximate surface area is 197 Å². The molecule has 0 unspecified atom stereocenters. The molecule has 0 fully saturated rings. The Hall–Kier alpha value is -4.17. The highest BCUT2D eigenvalue weighted by Gasteiger charge is 2.24. The number of hydrogen-bond donors (Lipinski definition) is 4. The van der Waals surface area contributed by atoms with E-state index in [2.05, 4.69) is 26.3 Å². The summed E-state index contributed by atoms with van der Waals surface area (Å²) < 4.78 is 0. The first kappa shape index (κ1) is 21.7. The maximum Gasteiger partial charge on any atom is 0.329 e. The van der Waals surface area contributed by atoms with Crippen molar-refractivity contribution in [2.24, 2.45) is 0 Å². The highest BCUT2D eigenvalue weighted by molar-refractivity contribution is 5.96. The van der Waals surface area contributed by atoms with Gasteiger partial charge < -0.3 is 10.6 Å². The number of aromatic nitrogens is 2. The second-order valence-corrected chi connectivity index (χ2v) is 8.34. The van der Waals surface area contributed by atoms with E-state index in [-0.39, 0.29) is 18.4 Å². The van der Waals surface area contributed by atoms with Crippen LogP contribution in [0.4, 0.5) is 10.6 Å². The molecule has 0 radical (unpaired) electrons. The average molecular weight is 455 g/mol. The Bertz CT molecular complexity index is 1310. The van der Waals surface area contributed by atoms with E-state index < -0.39 is 0 Å². The predicted molar refractivity (Wildman–Crippen MR) is 131 cm³/mol. The lowest BCUT2D eigenvalue weighted by Gasteiger charge is -2.27. The van der Waals surface area contributed by atoms with Crippen LogP contribution in [0.1, 0.15) is 22.4 Å². The largest absolute Gasteiger partial charge is 0.333 e. The van der Waals surface area contributed by atoms with Crippen LogP contribution in [0.15, 0.2) is 72.8 Å². The standard InChI is InChI=1S/C26H26N6O2/c33-24(15-20-11-6-10-19-9-4-5-12-21(19)20)28-25-22-17-32(14-13-23(22)29-30-25)31-26(34)27-16-18-7-2-1-3-8-18/h1-12H,13-17H2,(H2,27,31,34)(H2,28,29,30,33). The number of urea groups is 1. The van der Waals surface area contributed by atoms with Crippen molar-refractivity contribution in [3.05, 3.63) is 95.2 Å². The molecule has 34 heavy (non-hydrogen) atoms. The Morgan fingerprint density at radius 2 is 1.76 bits per heavy atom. The van der Waals surface area contributed by atoms with E-state index in [0.717, 1.165) is 33.2 Å². The molecule has 8 heteroatoms. The fourth-order valence-electron chi connectivity index (χ4n) is 4.25. The van der Waals surface area contributed by atoms with Crippen LogP contribution in [-0.4, -0.2) is 33.7 Å². The van der Waals surface area contributed by atoms with Gasteiger partial charge in [0.25, 0.3) is 0 Å². The summed E-state index contributed by atoms with van der Waals surface area (Å²) in [5.74, 6) is 0.382. The smallest absolute Gasteiger partial charge is 0.329 e. The molecule has 172 valence electrons. The SMILES string of the molecule is O=C(Cc1cccc2ccccc12)Nc1n[nH]c2c1CN(NC(=O)NCc1ccccc1)CC2. The van der Waals surface area contributed by atoms with Crippen LogP contribution in [0.3, 0.4) is 0 Å². The van der Waals surface area contributed by atoms with Gasteiger partial charge in [-0.05, 0) is 21.9 Å². The number of fused-ring (bicyclic) bond motifs is 2. The van der Waals surface area contributed by atoms with E-state index in [9.17, 15) is 9.59 Å². The molecular weight excluding hydrogens is 428 g/mol. The number of benzene rings is 3. The second kappa shape index (κ2) is 9.76. The van der Waals surface area contributed by atoms with Crippen LogP contribution in [0.5, 0.6) is 0 Å². The van der Waals surface area contributed by atoms with Crippen LogP contribution < -0.4 is 16.1 Å². The third-order valence-corrected chi connectivity index (χ3v) is 5.98. The lowest BCUT2D eigenvalue weighted by atomic mass is 10.0. The predicted octanol–water partition coefficient (Wildman–Crippen LogP) is 3.52. The van der Waals surface area contributed by atoms with Crippen molar-refractivity contribution in [1.29, 1.82) is 0 Å². The van der Waals surface area contributed by atoms with Gasteiger partial charge in [0.05, 0.1) is 6.42 Å². The number of hydrogen-bond acceptors (Lipinski definition) is 4. The fraction of sp³-hybridized carbons (Fsp3) is 0.192. The van der Waals surface area contributed by atoms with Gasteiger partial charge in [0.15, 0.2) is 5.82 Å². The van der Waals surface area contributed by atoms with Gasteiger partial charge in [-0.15, -0.1) is 0 Å². The molecule has 1 aromatic heterocycles. The van der Waals surface area contributed by atoms with E-state index in [0.29, 0.717) is 31.9 Å². The summed E-state index contributed by atoms with van der Waals surface area (Å²) in [5.41, 5.74) is 6.76. The van der Waals surface area contributed by atoms with E-state index in [1.165, 1.54) is 0 Å². The Kier molecular flexibility index (Phi) is 6.22. The highest BCUT2D eigenvalue weighted by Crippen LogP contribution is 2.24. The molecule has 0 aliphatic carbocycles. The molecule has 3 amide bonds. The minimum absolute atomic E-state index is 0.128. The summed E-state index contributed by atoms with van der Waals surface area (Å²) >= 11 is 0. The summed E-state index contributed by atoms with van der Waals surface area (Å²) in [6.45, 7) is 1.55. The van der Waals surface area contributed by atoms with Gasteiger partial charge in [-0.2, -0.15) is 5.10 Å². The first-order valence-electron chi connectivity index (χ1n) is 11.3. The lowest BCUT2D eigenvalue weighted by molar-refractivity contribution is -0.115. The van der Waals surface area contributed by atoms with Gasteiger partial charge in [0.2, 0.25) is 5.91 Å². The molecule has 0 bridgehead atoms. The van der Waals surface area contributed by atoms with E-state index in [1.54, 1.807) is 0 Å². The summed E-state index contributed by atoms with van der Waals surface area (Å²) in [4.78, 5) is 25.2. The van der Waals surface area contributed by atoms with Gasteiger partial charge in [-0.25, -0.2) is 9.80 Å². The van der Waals surface area contributed by atoms with Crippen LogP contribution in [0.2, 0.25) is 0 Å². The van der Waals surface area contributed by atoms with Crippen molar-refractivity contribution < 1.29 is 9.59 Å². The van der Waals surface area contributed by atoms with E-state index in [4.69, 9.17) is 0 Å². The normalized spacial score (nSPS) is 13.3. The number of nitrogens with one attached hydrogen (secondary N) is 4. The summed E-state index contributed by atoms with van der Waals surface area (Å²) in [6.07, 6.45) is 0.952. The number of aromatic amines is 1. The van der Waals surface area contributed by atoms with Gasteiger partial charge in [-0.3, -0.25) is 15.3 Å². The summed E-state index contributed by atoms with van der Waals surface area (Å²) in [6, 6.07) is 23.5. The first-order valence-corrected chi connectivity index (χ1v) is 11.3. The summed E-state index contributed by atoms with van der Waals surface area (Å²) in [7, 11) is 0. The maximum atomic E-state index is 12.8. The summed E-state index contributed by atoms with van der Waals surface area (Å²) in [5, 5.41) is 17.2. The Balaban J connectivity index is 1.20. The van der Waals surface area contributed by atoms with Crippen LogP contribution in [0.25, 0.3) is 10.8 Å². The minimum atomic E-state index is -0.266. The van der Waals surface area contributed by atoms with Crippen LogP contribution in [-0.2, 0) is 30.7 Å². The molecule has 1 aliphatic rings. The number of nitrogens with zero attached hydrogens (tertiary/aromatic N) is 2. The number of amides is 3. The zero-order chi connectivity index (χ0) is 23.3. The molecule has 4 aromatic rings. The molecular formula is C26H26N6O2. The third-order valence-electron chi connectivity index (χ3n) is 5.98. The molecule has 3 aromatic carbocycles. The fourth-order valence-corrected chi connectivity index (χ4v) is 4.25. The highest BCUT2D eigenvalue weighted by atomic mass is 16.2. The number of H-pyrrole nitrogens is 1. The zero-order valence-electron chi connectivity index (χ0n) is 18.7. The monoisotopic (exact) mass is 454 g/mol. The topological polar surface area (TPSA) is 102 Å².